The molecule has 1 rings (SSSR count). The van der Waals surface area contributed by atoms with Crippen molar-refractivity contribution in [3.8, 4) is 0 Å². The Morgan fingerprint density at radius 3 is 1.79 bits per heavy atom. The van der Waals surface area contributed by atoms with E-state index >= 15 is 0 Å². The van der Waals surface area contributed by atoms with Crippen LogP contribution in [0.15, 0.2) is 4.42 Å². The van der Waals surface area contributed by atoms with Crippen LogP contribution < -0.4 is 0 Å². The molecule has 1 aromatic heterocycles. The Kier molecular flexibility index (Phi) is 11.4. The molecule has 0 saturated carbocycles. The predicted octanol–water partition coefficient (Wildman–Crippen LogP) is 3.81. The van der Waals surface area contributed by atoms with E-state index in [2.05, 4.69) is 10.2 Å². The molecule has 0 aliphatic carbocycles. The summed E-state index contributed by atoms with van der Waals surface area (Å²) in [7, 11) is 0. The number of hydrogen-bond acceptors (Lipinski definition) is 3. The maximum atomic E-state index is 5.27. The third kappa shape index (κ3) is 5.73. The molecule has 0 amide bonds. The summed E-state index contributed by atoms with van der Waals surface area (Å²) in [4.78, 5) is 0. The van der Waals surface area contributed by atoms with Crippen LogP contribution in [0.1, 0.15) is 66.2 Å². The highest BCUT2D eigenvalue weighted by molar-refractivity contribution is 4.86. The van der Waals surface area contributed by atoms with Crippen molar-refractivity contribution in [2.45, 2.75) is 60.8 Å². The van der Waals surface area contributed by atoms with Crippen molar-refractivity contribution in [2.75, 3.05) is 0 Å². The third-order valence-electron chi connectivity index (χ3n) is 1.28. The van der Waals surface area contributed by atoms with Crippen molar-refractivity contribution in [3.05, 3.63) is 11.8 Å². The SMILES string of the molecule is CC.CC.CCc1nnc(C(C)C)o1. The van der Waals surface area contributed by atoms with Gasteiger partial charge in [0.05, 0.1) is 0 Å². The van der Waals surface area contributed by atoms with Crippen LogP contribution in [-0.4, -0.2) is 10.2 Å². The number of nitrogens with zero attached hydrogens (tertiary/aromatic N) is 2. The molecule has 0 spiro atoms. The summed E-state index contributed by atoms with van der Waals surface area (Å²) in [6, 6.07) is 0. The van der Waals surface area contributed by atoms with Crippen LogP contribution in [-0.2, 0) is 6.42 Å². The lowest BCUT2D eigenvalue weighted by atomic mass is 10.2. The first-order valence-electron chi connectivity index (χ1n) is 5.56. The molecule has 3 nitrogen and oxygen atoms in total. The van der Waals surface area contributed by atoms with Gasteiger partial charge in [0, 0.05) is 12.3 Å². The van der Waals surface area contributed by atoms with Crippen molar-refractivity contribution < 1.29 is 4.42 Å². The molecular weight excluding hydrogens is 176 g/mol. The normalized spacial score (nSPS) is 8.57. The van der Waals surface area contributed by atoms with Crippen molar-refractivity contribution in [1.82, 2.24) is 10.2 Å². The molecule has 0 aliphatic rings. The summed E-state index contributed by atoms with van der Waals surface area (Å²) in [5.74, 6) is 1.80. The molecule has 14 heavy (non-hydrogen) atoms. The van der Waals surface area contributed by atoms with Crippen LogP contribution in [0, 0.1) is 0 Å². The van der Waals surface area contributed by atoms with E-state index in [4.69, 9.17) is 4.42 Å². The topological polar surface area (TPSA) is 38.9 Å². The van der Waals surface area contributed by atoms with E-state index in [1.807, 2.05) is 48.5 Å². The molecule has 1 aromatic rings. The summed E-state index contributed by atoms with van der Waals surface area (Å²) in [6.07, 6.45) is 0.819. The van der Waals surface area contributed by atoms with E-state index in [1.54, 1.807) is 0 Å². The van der Waals surface area contributed by atoms with Crippen LogP contribution in [0.4, 0.5) is 0 Å². The zero-order valence-electron chi connectivity index (χ0n) is 10.6. The Morgan fingerprint density at radius 1 is 1.07 bits per heavy atom. The molecule has 0 saturated heterocycles. The molecular formula is C11H24N2O. The molecule has 0 N–H and O–H groups in total. The van der Waals surface area contributed by atoms with Crippen LogP contribution in [0.3, 0.4) is 0 Å². The quantitative estimate of drug-likeness (QED) is 0.728. The number of hydrogen-bond donors (Lipinski definition) is 0. The molecule has 0 radical (unpaired) electrons. The Balaban J connectivity index is 0. The molecule has 0 atom stereocenters. The Bertz CT molecular complexity index is 207. The first-order valence-corrected chi connectivity index (χ1v) is 5.56. The Morgan fingerprint density at radius 2 is 1.57 bits per heavy atom. The fraction of sp³-hybridized carbons (Fsp3) is 0.818. The van der Waals surface area contributed by atoms with Crippen molar-refractivity contribution >= 4 is 0 Å². The van der Waals surface area contributed by atoms with E-state index in [9.17, 15) is 0 Å². The van der Waals surface area contributed by atoms with Crippen LogP contribution in [0.5, 0.6) is 0 Å². The van der Waals surface area contributed by atoms with Crippen molar-refractivity contribution in [3.63, 3.8) is 0 Å². The zero-order valence-corrected chi connectivity index (χ0v) is 10.6. The molecule has 0 bridgehead atoms. The van der Waals surface area contributed by atoms with Gasteiger partial charge in [0.2, 0.25) is 11.8 Å². The average molecular weight is 200 g/mol. The van der Waals surface area contributed by atoms with E-state index in [0.29, 0.717) is 5.92 Å². The third-order valence-corrected chi connectivity index (χ3v) is 1.28. The highest BCUT2D eigenvalue weighted by Crippen LogP contribution is 2.11. The lowest BCUT2D eigenvalue weighted by Gasteiger charge is -1.92. The van der Waals surface area contributed by atoms with E-state index in [0.717, 1.165) is 18.2 Å². The standard InChI is InChI=1S/C7H12N2O.2C2H6/c1-4-6-8-9-7(10-6)5(2)3;2*1-2/h5H,4H2,1-3H3;2*1-2H3. The number of aromatic nitrogens is 2. The van der Waals surface area contributed by atoms with Gasteiger partial charge in [-0.15, -0.1) is 10.2 Å². The van der Waals surface area contributed by atoms with Gasteiger partial charge in [-0.3, -0.25) is 0 Å². The van der Waals surface area contributed by atoms with Crippen LogP contribution in [0.25, 0.3) is 0 Å². The molecule has 0 fully saturated rings. The highest BCUT2D eigenvalue weighted by atomic mass is 16.4. The lowest BCUT2D eigenvalue weighted by Crippen LogP contribution is -1.85. The second-order valence-electron chi connectivity index (χ2n) is 2.54. The molecule has 0 unspecified atom stereocenters. The van der Waals surface area contributed by atoms with Crippen molar-refractivity contribution in [1.29, 1.82) is 0 Å². The van der Waals surface area contributed by atoms with Gasteiger partial charge in [-0.1, -0.05) is 48.5 Å². The smallest absolute Gasteiger partial charge is 0.219 e. The van der Waals surface area contributed by atoms with Gasteiger partial charge in [-0.05, 0) is 0 Å². The van der Waals surface area contributed by atoms with Gasteiger partial charge < -0.3 is 4.42 Å². The molecule has 84 valence electrons. The summed E-state index contributed by atoms with van der Waals surface area (Å²) < 4.78 is 5.27. The minimum Gasteiger partial charge on any atom is -0.425 e. The van der Waals surface area contributed by atoms with Gasteiger partial charge in [-0.2, -0.15) is 0 Å². The number of aryl methyl sites for hydroxylation is 1. The van der Waals surface area contributed by atoms with Crippen molar-refractivity contribution in [2.24, 2.45) is 0 Å². The summed E-state index contributed by atoms with van der Waals surface area (Å²) in [5.41, 5.74) is 0. The monoisotopic (exact) mass is 200 g/mol. The Labute approximate surface area is 87.9 Å². The van der Waals surface area contributed by atoms with Gasteiger partial charge in [0.25, 0.3) is 0 Å². The maximum Gasteiger partial charge on any atom is 0.219 e. The van der Waals surface area contributed by atoms with Gasteiger partial charge in [-0.25, -0.2) is 0 Å². The van der Waals surface area contributed by atoms with E-state index < -0.39 is 0 Å². The summed E-state index contributed by atoms with van der Waals surface area (Å²) in [6.45, 7) is 14.1. The largest absolute Gasteiger partial charge is 0.425 e. The molecule has 0 aliphatic heterocycles. The van der Waals surface area contributed by atoms with Crippen LogP contribution >= 0.6 is 0 Å². The number of rotatable bonds is 2. The first-order chi connectivity index (χ1) is 6.74. The molecule has 3 heteroatoms. The van der Waals surface area contributed by atoms with Gasteiger partial charge in [0.1, 0.15) is 0 Å². The minimum atomic E-state index is 0.341. The fourth-order valence-corrected chi connectivity index (χ4v) is 0.643. The zero-order chi connectivity index (χ0) is 11.6. The first kappa shape index (κ1) is 15.6. The molecule has 1 heterocycles. The Hall–Kier alpha value is -0.860. The predicted molar refractivity (Wildman–Crippen MR) is 60.5 cm³/mol. The minimum absolute atomic E-state index is 0.341. The van der Waals surface area contributed by atoms with Crippen LogP contribution in [0.2, 0.25) is 0 Å². The highest BCUT2D eigenvalue weighted by Gasteiger charge is 2.06. The second kappa shape index (κ2) is 10.2. The van der Waals surface area contributed by atoms with E-state index in [-0.39, 0.29) is 0 Å². The van der Waals surface area contributed by atoms with Gasteiger partial charge in [0.15, 0.2) is 0 Å². The summed E-state index contributed by atoms with van der Waals surface area (Å²) >= 11 is 0. The fourth-order valence-electron chi connectivity index (χ4n) is 0.643. The lowest BCUT2D eigenvalue weighted by molar-refractivity contribution is 0.436. The molecule has 0 aromatic carbocycles. The maximum absolute atomic E-state index is 5.27. The van der Waals surface area contributed by atoms with Gasteiger partial charge >= 0.3 is 0 Å². The average Bonchev–Trinajstić information content (AvgIpc) is 2.72. The van der Waals surface area contributed by atoms with E-state index in [1.165, 1.54) is 0 Å². The second-order valence-corrected chi connectivity index (χ2v) is 2.54. The summed E-state index contributed by atoms with van der Waals surface area (Å²) in [5, 5.41) is 7.71.